The van der Waals surface area contributed by atoms with Crippen LogP contribution in [-0.2, 0) is 4.74 Å². The summed E-state index contributed by atoms with van der Waals surface area (Å²) in [5.41, 5.74) is -0.492. The molecule has 0 saturated carbocycles. The molecule has 0 bridgehead atoms. The van der Waals surface area contributed by atoms with E-state index in [0.717, 1.165) is 0 Å². The van der Waals surface area contributed by atoms with E-state index < -0.39 is 21.5 Å². The van der Waals surface area contributed by atoms with Crippen LogP contribution in [0.5, 0.6) is 11.5 Å². The van der Waals surface area contributed by atoms with Crippen LogP contribution in [-0.4, -0.2) is 58.3 Å². The van der Waals surface area contributed by atoms with Crippen LogP contribution in [0.15, 0.2) is 18.2 Å². The van der Waals surface area contributed by atoms with Crippen LogP contribution in [0.25, 0.3) is 0 Å². The third-order valence-electron chi connectivity index (χ3n) is 6.17. The summed E-state index contributed by atoms with van der Waals surface area (Å²) in [5, 5.41) is 0. The Morgan fingerprint density at radius 3 is 2.26 bits per heavy atom. The van der Waals surface area contributed by atoms with Crippen molar-refractivity contribution in [1.82, 2.24) is 4.90 Å². The van der Waals surface area contributed by atoms with Gasteiger partial charge in [-0.25, -0.2) is 4.79 Å². The van der Waals surface area contributed by atoms with Crippen molar-refractivity contribution >= 4 is 22.2 Å². The number of rotatable bonds is 2. The Balaban J connectivity index is 1.71. The molecule has 6 nitrogen and oxygen atoms in total. The summed E-state index contributed by atoms with van der Waals surface area (Å²) in [6.45, 7) is 13.1. The monoisotopic (exact) mass is 451 g/mol. The molecule has 1 aromatic carbocycles. The van der Waals surface area contributed by atoms with Crippen molar-refractivity contribution < 1.29 is 23.2 Å². The van der Waals surface area contributed by atoms with Crippen LogP contribution in [0, 0.1) is 0 Å². The number of ketones is 1. The van der Waals surface area contributed by atoms with E-state index >= 15 is 0 Å². The van der Waals surface area contributed by atoms with Gasteiger partial charge in [-0.05, 0) is 72.3 Å². The zero-order valence-corrected chi connectivity index (χ0v) is 21.0. The van der Waals surface area contributed by atoms with Crippen molar-refractivity contribution in [2.45, 2.75) is 76.8 Å². The second-order valence-corrected chi connectivity index (χ2v) is 14.8. The molecule has 0 unspecified atom stereocenters. The van der Waals surface area contributed by atoms with Gasteiger partial charge in [0.15, 0.2) is 5.78 Å². The number of carbonyl (C=O) groups excluding carboxylic acids is 2. The number of hydrogen-bond donors (Lipinski definition) is 0. The highest BCUT2D eigenvalue weighted by molar-refractivity contribution is 8.30. The molecule has 0 atom stereocenters. The molecule has 2 heterocycles. The van der Waals surface area contributed by atoms with E-state index in [0.29, 0.717) is 49.4 Å². The number of likely N-dealkylation sites (tertiary alicyclic amines) is 1. The van der Waals surface area contributed by atoms with Gasteiger partial charge in [-0.2, -0.15) is 0 Å². The number of Topliss-reactive ketones (excluding diaryl/α,β-unsaturated/α-hetero) is 1. The standard InChI is InChI=1S/C24H37NO5S/c1-22(2,3)29-21(27)25-13-11-24(12-14-25)16-19(26)18-15-17(9-10-20(18)28-24)30-31(7,8)23(4,5)6/h9-10,15H,11-14,16H2,1-8H3. The van der Waals surface area contributed by atoms with Gasteiger partial charge < -0.3 is 18.6 Å². The SMILES string of the molecule is CC(C)(C)OC(=O)N1CCC2(CC1)CC(=O)c1cc(OS(C)(C)C(C)(C)C)ccc1O2. The maximum atomic E-state index is 13.0. The third kappa shape index (κ3) is 5.30. The average Bonchev–Trinajstić information content (AvgIpc) is 2.60. The van der Waals surface area contributed by atoms with Crippen LogP contribution < -0.4 is 8.92 Å². The number of piperidine rings is 1. The van der Waals surface area contributed by atoms with Crippen molar-refractivity contribution in [3.05, 3.63) is 23.8 Å². The Labute approximate surface area is 188 Å². The summed E-state index contributed by atoms with van der Waals surface area (Å²) in [4.78, 5) is 27.1. The summed E-state index contributed by atoms with van der Waals surface area (Å²) in [6, 6.07) is 5.56. The van der Waals surface area contributed by atoms with E-state index in [1.807, 2.05) is 39.0 Å². The molecule has 7 heteroatoms. The molecule has 0 radical (unpaired) electrons. The summed E-state index contributed by atoms with van der Waals surface area (Å²) >= 11 is 0. The maximum absolute atomic E-state index is 13.0. The van der Waals surface area contributed by atoms with E-state index in [9.17, 15) is 9.59 Å². The molecule has 1 spiro atoms. The molecule has 1 aromatic rings. The van der Waals surface area contributed by atoms with Gasteiger partial charge in [0.2, 0.25) is 0 Å². The second kappa shape index (κ2) is 7.91. The molecule has 2 aliphatic rings. The van der Waals surface area contributed by atoms with Crippen LogP contribution >= 0.6 is 10.3 Å². The minimum Gasteiger partial charge on any atom is -0.486 e. The Bertz CT molecular complexity index is 858. The predicted octanol–water partition coefficient (Wildman–Crippen LogP) is 5.58. The highest BCUT2D eigenvalue weighted by Gasteiger charge is 2.44. The molecular formula is C24H37NO5S. The second-order valence-electron chi connectivity index (χ2n) is 10.9. The van der Waals surface area contributed by atoms with Gasteiger partial charge >= 0.3 is 6.09 Å². The van der Waals surface area contributed by atoms with E-state index in [4.69, 9.17) is 13.7 Å². The van der Waals surface area contributed by atoms with Gasteiger partial charge in [0, 0.05) is 30.7 Å². The van der Waals surface area contributed by atoms with Gasteiger partial charge in [0.25, 0.3) is 0 Å². The summed E-state index contributed by atoms with van der Waals surface area (Å²) < 4.78 is 18.2. The normalized spacial score (nSPS) is 19.5. The first-order chi connectivity index (χ1) is 14.1. The van der Waals surface area contributed by atoms with Crippen molar-refractivity contribution in [3.8, 4) is 11.5 Å². The smallest absolute Gasteiger partial charge is 0.410 e. The van der Waals surface area contributed by atoms with Crippen LogP contribution in [0.1, 0.15) is 71.2 Å². The predicted molar refractivity (Wildman–Crippen MR) is 126 cm³/mol. The fourth-order valence-corrected chi connectivity index (χ4v) is 4.43. The zero-order chi connectivity index (χ0) is 23.2. The average molecular weight is 452 g/mol. The number of carbonyl (C=O) groups is 2. The number of ether oxygens (including phenoxy) is 2. The van der Waals surface area contributed by atoms with Crippen molar-refractivity contribution in [2.75, 3.05) is 25.6 Å². The van der Waals surface area contributed by atoms with Gasteiger partial charge in [0.1, 0.15) is 22.7 Å². The maximum Gasteiger partial charge on any atom is 0.410 e. The fourth-order valence-electron chi connectivity index (χ4n) is 3.59. The van der Waals surface area contributed by atoms with Gasteiger partial charge in [-0.1, -0.05) is 10.3 Å². The molecule has 3 rings (SSSR count). The largest absolute Gasteiger partial charge is 0.486 e. The molecule has 174 valence electrons. The molecule has 0 N–H and O–H groups in total. The van der Waals surface area contributed by atoms with Crippen LogP contribution in [0.4, 0.5) is 4.79 Å². The first-order valence-electron chi connectivity index (χ1n) is 10.9. The minimum atomic E-state index is -1.35. The molecule has 31 heavy (non-hydrogen) atoms. The highest BCUT2D eigenvalue weighted by Crippen LogP contribution is 2.54. The molecule has 0 aromatic heterocycles. The quantitative estimate of drug-likeness (QED) is 0.587. The lowest BCUT2D eigenvalue weighted by atomic mass is 9.82. The zero-order valence-electron chi connectivity index (χ0n) is 20.2. The van der Waals surface area contributed by atoms with Gasteiger partial charge in [-0.3, -0.25) is 4.79 Å². The Morgan fingerprint density at radius 1 is 1.10 bits per heavy atom. The van der Waals surface area contributed by atoms with Crippen molar-refractivity contribution in [2.24, 2.45) is 0 Å². The topological polar surface area (TPSA) is 65.1 Å². The molecule has 1 amide bonds. The highest BCUT2D eigenvalue weighted by atomic mass is 32.3. The molecule has 1 fully saturated rings. The number of hydrogen-bond acceptors (Lipinski definition) is 5. The summed E-state index contributed by atoms with van der Waals surface area (Å²) in [5.74, 6) is 1.39. The summed E-state index contributed by atoms with van der Waals surface area (Å²) in [7, 11) is -1.35. The molecule has 1 saturated heterocycles. The summed E-state index contributed by atoms with van der Waals surface area (Å²) in [6.07, 6.45) is 5.50. The first-order valence-corrected chi connectivity index (χ1v) is 13.2. The van der Waals surface area contributed by atoms with E-state index in [1.54, 1.807) is 4.90 Å². The fraction of sp³-hybridized carbons (Fsp3) is 0.667. The molecule has 0 aliphatic carbocycles. The number of fused-ring (bicyclic) bond motifs is 1. The van der Waals surface area contributed by atoms with E-state index in [1.165, 1.54) is 0 Å². The lowest BCUT2D eigenvalue weighted by molar-refractivity contribution is -0.0226. The van der Waals surface area contributed by atoms with Crippen molar-refractivity contribution in [1.29, 1.82) is 0 Å². The number of nitrogens with zero attached hydrogens (tertiary/aromatic N) is 1. The van der Waals surface area contributed by atoms with E-state index in [2.05, 4.69) is 33.3 Å². The van der Waals surface area contributed by atoms with Crippen LogP contribution in [0.3, 0.4) is 0 Å². The Hall–Kier alpha value is -1.89. The van der Waals surface area contributed by atoms with Crippen LogP contribution in [0.2, 0.25) is 0 Å². The minimum absolute atomic E-state index is 0.0234. The number of amides is 1. The molecule has 2 aliphatic heterocycles. The first kappa shape index (κ1) is 23.8. The van der Waals surface area contributed by atoms with Gasteiger partial charge in [0.05, 0.1) is 12.0 Å². The lowest BCUT2D eigenvalue weighted by Gasteiger charge is -2.45. The lowest BCUT2D eigenvalue weighted by Crippen LogP contribution is -2.52. The number of benzene rings is 1. The van der Waals surface area contributed by atoms with Crippen molar-refractivity contribution in [3.63, 3.8) is 0 Å². The van der Waals surface area contributed by atoms with Gasteiger partial charge in [-0.15, -0.1) is 0 Å². The Morgan fingerprint density at radius 2 is 1.71 bits per heavy atom. The molecular weight excluding hydrogens is 414 g/mol. The Kier molecular flexibility index (Phi) is 6.06. The van der Waals surface area contributed by atoms with E-state index in [-0.39, 0.29) is 16.6 Å². The third-order valence-corrected chi connectivity index (χ3v) is 9.72.